The van der Waals surface area contributed by atoms with Crippen LogP contribution in [0.5, 0.6) is 11.5 Å². The number of unbranched alkanes of at least 4 members (excludes halogenated alkanes) is 3. The molecule has 0 spiro atoms. The monoisotopic (exact) mass is 224 g/mol. The van der Waals surface area contributed by atoms with Crippen LogP contribution >= 0.6 is 0 Å². The van der Waals surface area contributed by atoms with E-state index < -0.39 is 0 Å². The molecule has 0 radical (unpaired) electrons. The highest BCUT2D eigenvalue weighted by Gasteiger charge is 1.93. The summed E-state index contributed by atoms with van der Waals surface area (Å²) in [5.74, 6) is 1.11. The topological polar surface area (TPSA) is 29.5 Å². The van der Waals surface area contributed by atoms with Gasteiger partial charge in [0.05, 0.1) is 6.61 Å². The second-order valence-corrected chi connectivity index (χ2v) is 3.40. The molecule has 1 aromatic rings. The molecule has 16 heavy (non-hydrogen) atoms. The van der Waals surface area contributed by atoms with Gasteiger partial charge in [0.25, 0.3) is 0 Å². The Morgan fingerprint density at radius 3 is 2.19 bits per heavy atom. The van der Waals surface area contributed by atoms with Gasteiger partial charge in [0.2, 0.25) is 0 Å². The minimum Gasteiger partial charge on any atom is -0.508 e. The molecule has 0 aromatic heterocycles. The van der Waals surface area contributed by atoms with Crippen molar-refractivity contribution in [2.45, 2.75) is 46.5 Å². The van der Waals surface area contributed by atoms with Crippen LogP contribution in [0.1, 0.15) is 46.5 Å². The van der Waals surface area contributed by atoms with E-state index >= 15 is 0 Å². The van der Waals surface area contributed by atoms with E-state index in [4.69, 9.17) is 9.84 Å². The third-order valence-electron chi connectivity index (χ3n) is 2.10. The summed E-state index contributed by atoms with van der Waals surface area (Å²) in [5.41, 5.74) is 0. The smallest absolute Gasteiger partial charge is 0.119 e. The largest absolute Gasteiger partial charge is 0.508 e. The van der Waals surface area contributed by atoms with Gasteiger partial charge in [0, 0.05) is 0 Å². The Hall–Kier alpha value is -1.18. The Morgan fingerprint density at radius 1 is 1.00 bits per heavy atom. The van der Waals surface area contributed by atoms with Crippen LogP contribution in [-0.4, -0.2) is 11.7 Å². The lowest BCUT2D eigenvalue weighted by molar-refractivity contribution is 0.304. The molecule has 0 aliphatic heterocycles. The second kappa shape index (κ2) is 10.3. The fourth-order valence-electron chi connectivity index (χ4n) is 1.26. The van der Waals surface area contributed by atoms with Gasteiger partial charge >= 0.3 is 0 Å². The third-order valence-corrected chi connectivity index (χ3v) is 2.10. The first kappa shape index (κ1) is 14.8. The van der Waals surface area contributed by atoms with Gasteiger partial charge in [-0.1, -0.05) is 40.0 Å². The Kier molecular flexibility index (Phi) is 9.58. The molecule has 1 aromatic carbocycles. The summed E-state index contributed by atoms with van der Waals surface area (Å²) in [6.07, 6.45) is 4.86. The summed E-state index contributed by atoms with van der Waals surface area (Å²) < 4.78 is 5.50. The van der Waals surface area contributed by atoms with Gasteiger partial charge in [-0.3, -0.25) is 0 Å². The summed E-state index contributed by atoms with van der Waals surface area (Å²) in [6.45, 7) is 6.96. The van der Waals surface area contributed by atoms with Crippen LogP contribution < -0.4 is 4.74 Å². The number of aromatic hydroxyl groups is 1. The molecular formula is C14H24O2. The second-order valence-electron chi connectivity index (χ2n) is 3.40. The summed E-state index contributed by atoms with van der Waals surface area (Å²) in [6, 6.07) is 6.85. The molecule has 2 heteroatoms. The molecular weight excluding hydrogens is 200 g/mol. The van der Waals surface area contributed by atoms with Crippen molar-refractivity contribution >= 4 is 0 Å². The van der Waals surface area contributed by atoms with Gasteiger partial charge in [-0.25, -0.2) is 0 Å². The quantitative estimate of drug-likeness (QED) is 0.727. The molecule has 1 rings (SSSR count). The highest BCUT2D eigenvalue weighted by Crippen LogP contribution is 2.16. The van der Waals surface area contributed by atoms with Crippen molar-refractivity contribution in [3.63, 3.8) is 0 Å². The molecule has 0 fully saturated rings. The first-order valence-electron chi connectivity index (χ1n) is 6.24. The van der Waals surface area contributed by atoms with E-state index in [0.717, 1.165) is 18.8 Å². The van der Waals surface area contributed by atoms with Crippen molar-refractivity contribution in [1.29, 1.82) is 0 Å². The van der Waals surface area contributed by atoms with Crippen LogP contribution in [0.2, 0.25) is 0 Å². The minimum absolute atomic E-state index is 0.281. The normalized spacial score (nSPS) is 9.19. The first-order chi connectivity index (χ1) is 7.83. The van der Waals surface area contributed by atoms with Gasteiger partial charge < -0.3 is 9.84 Å². The molecule has 0 amide bonds. The Labute approximate surface area is 99.3 Å². The van der Waals surface area contributed by atoms with Crippen molar-refractivity contribution < 1.29 is 9.84 Å². The number of hydrogen-bond acceptors (Lipinski definition) is 2. The SMILES string of the molecule is CC.CCCCCCOc1ccc(O)cc1. The van der Waals surface area contributed by atoms with E-state index in [1.54, 1.807) is 24.3 Å². The van der Waals surface area contributed by atoms with Crippen molar-refractivity contribution in [3.8, 4) is 11.5 Å². The molecule has 0 saturated carbocycles. The molecule has 0 saturated heterocycles. The van der Waals surface area contributed by atoms with Crippen molar-refractivity contribution in [2.75, 3.05) is 6.61 Å². The van der Waals surface area contributed by atoms with Crippen LogP contribution in [0, 0.1) is 0 Å². The number of ether oxygens (including phenoxy) is 1. The van der Waals surface area contributed by atoms with E-state index in [-0.39, 0.29) is 5.75 Å². The molecule has 0 aliphatic rings. The van der Waals surface area contributed by atoms with E-state index in [9.17, 15) is 0 Å². The van der Waals surface area contributed by atoms with Crippen molar-refractivity contribution in [3.05, 3.63) is 24.3 Å². The van der Waals surface area contributed by atoms with E-state index in [1.165, 1.54) is 19.3 Å². The molecule has 1 N–H and O–H groups in total. The fourth-order valence-corrected chi connectivity index (χ4v) is 1.26. The number of phenolic OH excluding ortho intramolecular Hbond substituents is 1. The average molecular weight is 224 g/mol. The predicted molar refractivity (Wildman–Crippen MR) is 69.1 cm³/mol. The predicted octanol–water partition coefficient (Wildman–Crippen LogP) is 4.38. The number of rotatable bonds is 6. The minimum atomic E-state index is 0.281. The molecule has 0 heterocycles. The van der Waals surface area contributed by atoms with E-state index in [2.05, 4.69) is 6.92 Å². The van der Waals surface area contributed by atoms with Gasteiger partial charge in [0.1, 0.15) is 11.5 Å². The summed E-state index contributed by atoms with van der Waals surface area (Å²) in [7, 11) is 0. The molecule has 0 aliphatic carbocycles. The van der Waals surface area contributed by atoms with Gasteiger partial charge in [-0.05, 0) is 30.7 Å². The lowest BCUT2D eigenvalue weighted by Crippen LogP contribution is -1.96. The van der Waals surface area contributed by atoms with Crippen LogP contribution in [0.3, 0.4) is 0 Å². The zero-order valence-corrected chi connectivity index (χ0v) is 10.7. The van der Waals surface area contributed by atoms with Crippen LogP contribution in [0.4, 0.5) is 0 Å². The average Bonchev–Trinajstić information content (AvgIpc) is 2.34. The van der Waals surface area contributed by atoms with Crippen LogP contribution in [0.25, 0.3) is 0 Å². The Balaban J connectivity index is 0.00000106. The lowest BCUT2D eigenvalue weighted by atomic mass is 10.2. The van der Waals surface area contributed by atoms with Crippen LogP contribution in [0.15, 0.2) is 24.3 Å². The maximum atomic E-state index is 9.04. The standard InChI is InChI=1S/C12H18O2.C2H6/c1-2-3-4-5-10-14-12-8-6-11(13)7-9-12;1-2/h6-9,13H,2-5,10H2,1H3;1-2H3. The zero-order valence-electron chi connectivity index (χ0n) is 10.7. The van der Waals surface area contributed by atoms with Crippen LogP contribution in [-0.2, 0) is 0 Å². The first-order valence-corrected chi connectivity index (χ1v) is 6.24. The highest BCUT2D eigenvalue weighted by molar-refractivity contribution is 5.29. The molecule has 0 unspecified atom stereocenters. The fraction of sp³-hybridized carbons (Fsp3) is 0.571. The maximum Gasteiger partial charge on any atom is 0.119 e. The molecule has 92 valence electrons. The van der Waals surface area contributed by atoms with Gasteiger partial charge in [-0.15, -0.1) is 0 Å². The van der Waals surface area contributed by atoms with Crippen molar-refractivity contribution in [2.24, 2.45) is 0 Å². The number of phenols is 1. The maximum absolute atomic E-state index is 9.04. The van der Waals surface area contributed by atoms with E-state index in [0.29, 0.717) is 0 Å². The summed E-state index contributed by atoms with van der Waals surface area (Å²) in [4.78, 5) is 0. The zero-order chi connectivity index (χ0) is 12.2. The summed E-state index contributed by atoms with van der Waals surface area (Å²) in [5, 5.41) is 9.04. The molecule has 0 atom stereocenters. The third kappa shape index (κ3) is 7.16. The Bertz CT molecular complexity index is 241. The van der Waals surface area contributed by atoms with Gasteiger partial charge in [-0.2, -0.15) is 0 Å². The number of hydrogen-bond donors (Lipinski definition) is 1. The lowest BCUT2D eigenvalue weighted by Gasteiger charge is -2.05. The molecule has 2 nitrogen and oxygen atoms in total. The van der Waals surface area contributed by atoms with Gasteiger partial charge in [0.15, 0.2) is 0 Å². The molecule has 0 bridgehead atoms. The van der Waals surface area contributed by atoms with Crippen molar-refractivity contribution in [1.82, 2.24) is 0 Å². The summed E-state index contributed by atoms with van der Waals surface area (Å²) >= 11 is 0. The number of benzene rings is 1. The Morgan fingerprint density at radius 2 is 1.62 bits per heavy atom. The highest BCUT2D eigenvalue weighted by atomic mass is 16.5. The van der Waals surface area contributed by atoms with E-state index in [1.807, 2.05) is 13.8 Å².